The molecule has 0 unspecified atom stereocenters. The van der Waals surface area contributed by atoms with Gasteiger partial charge >= 0.3 is 13.3 Å². The normalized spacial score (nSPS) is 16.1. The van der Waals surface area contributed by atoms with Gasteiger partial charge in [-0.15, -0.1) is 0 Å². The first-order valence-corrected chi connectivity index (χ1v) is 7.60. The lowest BCUT2D eigenvalue weighted by Crippen LogP contribution is -2.56. The van der Waals surface area contributed by atoms with Crippen LogP contribution in [0.25, 0.3) is 0 Å². The van der Waals surface area contributed by atoms with Crippen LogP contribution in [0.5, 0.6) is 0 Å². The number of ether oxygens (including phenoxy) is 1. The number of aliphatic carboxylic acids is 1. The van der Waals surface area contributed by atoms with E-state index in [0.717, 1.165) is 27.7 Å². The Hall–Kier alpha value is -1.67. The van der Waals surface area contributed by atoms with Crippen molar-refractivity contribution < 1.29 is 34.5 Å². The maximum Gasteiger partial charge on any atom is 0.634 e. The first-order valence-electron chi connectivity index (χ1n) is 6.83. The lowest BCUT2D eigenvalue weighted by Gasteiger charge is -2.40. The van der Waals surface area contributed by atoms with Crippen molar-refractivity contribution in [1.82, 2.24) is 14.6 Å². The fourth-order valence-corrected chi connectivity index (χ4v) is 2.37. The molecule has 1 aromatic rings. The summed E-state index contributed by atoms with van der Waals surface area (Å²) in [4.78, 5) is 15.6. The highest BCUT2D eigenvalue weighted by atomic mass is 32.2. The zero-order valence-electron chi connectivity index (χ0n) is 12.4. The van der Waals surface area contributed by atoms with Gasteiger partial charge in [0.15, 0.2) is 0 Å². The Morgan fingerprint density at radius 2 is 2.29 bits per heavy atom. The summed E-state index contributed by atoms with van der Waals surface area (Å²) in [5, 5.41) is 37.5. The van der Waals surface area contributed by atoms with Crippen molar-refractivity contribution >= 4 is 25.2 Å². The van der Waals surface area contributed by atoms with E-state index in [1.807, 2.05) is 0 Å². The largest absolute Gasteiger partial charge is 0.634 e. The van der Waals surface area contributed by atoms with Crippen LogP contribution in [-0.4, -0.2) is 74.0 Å². The van der Waals surface area contributed by atoms with E-state index in [9.17, 15) is 10.0 Å². The summed E-state index contributed by atoms with van der Waals surface area (Å²) >= 11 is 1.08. The molecule has 1 aliphatic rings. The molecule has 24 heavy (non-hydrogen) atoms. The molecule has 4 N–H and O–H groups in total. The average molecular weight is 357 g/mol. The number of hydrazine groups is 1. The van der Waals surface area contributed by atoms with E-state index >= 15 is 0 Å². The zero-order valence-corrected chi connectivity index (χ0v) is 13.2. The maximum absolute atomic E-state index is 10.9. The van der Waals surface area contributed by atoms with Gasteiger partial charge in [-0.05, 0) is 12.1 Å². The molecule has 2 rings (SSSR count). The molecule has 1 fully saturated rings. The predicted octanol–water partition coefficient (Wildman–Crippen LogP) is -0.650. The molecular weight excluding hydrogens is 341 g/mol. The van der Waals surface area contributed by atoms with Crippen LogP contribution in [0.1, 0.15) is 0 Å². The van der Waals surface area contributed by atoms with Crippen LogP contribution in [0.2, 0.25) is 0 Å². The van der Waals surface area contributed by atoms with Gasteiger partial charge in [-0.3, -0.25) is 10.2 Å². The van der Waals surface area contributed by atoms with E-state index in [1.54, 1.807) is 29.5 Å². The van der Waals surface area contributed by atoms with Gasteiger partial charge in [0.1, 0.15) is 6.10 Å². The minimum Gasteiger partial charge on any atom is -0.495 e. The smallest absolute Gasteiger partial charge is 0.495 e. The molecule has 1 aliphatic heterocycles. The van der Waals surface area contributed by atoms with Crippen molar-refractivity contribution in [3.05, 3.63) is 36.4 Å². The molecule has 2 heterocycles. The molecule has 0 bridgehead atoms. The Morgan fingerprint density at radius 1 is 1.54 bits per heavy atom. The highest BCUT2D eigenvalue weighted by molar-refractivity contribution is 7.96. The highest BCUT2D eigenvalue weighted by Gasteiger charge is 2.32. The van der Waals surface area contributed by atoms with Crippen LogP contribution in [0, 0.1) is 0 Å². The second kappa shape index (κ2) is 8.99. The number of carboxylic acids is 1. The second-order valence-corrected chi connectivity index (χ2v) is 5.73. The van der Waals surface area contributed by atoms with Crippen molar-refractivity contribution in [3.63, 3.8) is 0 Å². The topological polar surface area (TPSA) is 136 Å². The van der Waals surface area contributed by atoms with Gasteiger partial charge in [0.2, 0.25) is 0 Å². The Bertz CT molecular complexity index is 571. The minimum atomic E-state index is -2.06. The third-order valence-electron chi connectivity index (χ3n) is 2.96. The van der Waals surface area contributed by atoms with Crippen molar-refractivity contribution in [2.24, 2.45) is 0 Å². The number of carbonyl (C=O) groups is 1. The average Bonchev–Trinajstić information content (AvgIpc) is 2.48. The molecule has 10 nitrogen and oxygen atoms in total. The maximum atomic E-state index is 10.9. The van der Waals surface area contributed by atoms with Gasteiger partial charge in [0.25, 0.3) is 0 Å². The van der Waals surface area contributed by atoms with Gasteiger partial charge < -0.3 is 24.5 Å². The number of aromatic nitrogens is 1. The van der Waals surface area contributed by atoms with Crippen LogP contribution in [-0.2, 0) is 14.2 Å². The van der Waals surface area contributed by atoms with Gasteiger partial charge in [-0.1, -0.05) is 4.58 Å². The summed E-state index contributed by atoms with van der Waals surface area (Å²) in [5.41, 5.74) is -0.257. The van der Waals surface area contributed by atoms with Crippen molar-refractivity contribution in [2.45, 2.75) is 11.0 Å². The number of hydrogen-bond acceptors (Lipinski definition) is 10. The monoisotopic (exact) mass is 357 g/mol. The van der Waals surface area contributed by atoms with E-state index in [4.69, 9.17) is 19.9 Å². The lowest BCUT2D eigenvalue weighted by atomic mass is 10.2. The molecule has 0 aliphatic carbocycles. The van der Waals surface area contributed by atoms with E-state index in [-0.39, 0.29) is 11.7 Å². The Morgan fingerprint density at radius 3 is 2.88 bits per heavy atom. The Labute approximate surface area is 142 Å². The molecule has 12 heteroatoms. The summed E-state index contributed by atoms with van der Waals surface area (Å²) in [5.74, 6) is -1.29. The number of nitrogens with zero attached hydrogens (tertiary/aromatic N) is 3. The molecule has 0 spiro atoms. The Balaban J connectivity index is 1.75. The number of carboxylic acid groups (broad SMARTS) is 1. The van der Waals surface area contributed by atoms with Crippen molar-refractivity contribution in [1.29, 1.82) is 0 Å². The van der Waals surface area contributed by atoms with Crippen molar-refractivity contribution in [3.8, 4) is 0 Å². The Kier molecular flexibility index (Phi) is 6.99. The summed E-state index contributed by atoms with van der Waals surface area (Å²) < 4.78 is 10.6. The van der Waals surface area contributed by atoms with Crippen LogP contribution < -0.4 is 0 Å². The first kappa shape index (κ1) is 18.7. The zero-order chi connectivity index (χ0) is 17.5. The molecule has 1 saturated heterocycles. The number of hydrogen-bond donors (Lipinski definition) is 4. The van der Waals surface area contributed by atoms with Gasteiger partial charge in [0, 0.05) is 29.2 Å². The standard InChI is InChI=1S/C12H16BN3O7S/c17-12(18)9(8-23-13(19)20)7-22-10-5-15(6-10)16(21)24-11-2-1-3-14-4-11/h1-4,7,10,19-21H,5-6,8H2,(H,17,18)/b9-7-. The quantitative estimate of drug-likeness (QED) is 0.148. The third-order valence-corrected chi connectivity index (χ3v) is 3.80. The number of rotatable bonds is 9. The second-order valence-electron chi connectivity index (χ2n) is 4.75. The van der Waals surface area contributed by atoms with Gasteiger partial charge in [0.05, 0.1) is 31.5 Å². The van der Waals surface area contributed by atoms with Gasteiger partial charge in [-0.25, -0.2) is 9.80 Å². The molecule has 0 aromatic carbocycles. The van der Waals surface area contributed by atoms with Crippen molar-refractivity contribution in [2.75, 3.05) is 19.7 Å². The van der Waals surface area contributed by atoms with Crippen LogP contribution >= 0.6 is 11.9 Å². The lowest BCUT2D eigenvalue weighted by molar-refractivity contribution is -0.218. The molecule has 0 radical (unpaired) electrons. The van der Waals surface area contributed by atoms with Gasteiger partial charge in [-0.2, -0.15) is 0 Å². The predicted molar refractivity (Wildman–Crippen MR) is 82.0 cm³/mol. The minimum absolute atomic E-state index is 0.257. The van der Waals surface area contributed by atoms with E-state index in [1.165, 1.54) is 0 Å². The van der Waals surface area contributed by atoms with Crippen LogP contribution in [0.3, 0.4) is 0 Å². The van der Waals surface area contributed by atoms with E-state index in [0.29, 0.717) is 13.1 Å². The summed E-state index contributed by atoms with van der Waals surface area (Å²) in [7, 11) is -2.06. The van der Waals surface area contributed by atoms with Crippen LogP contribution in [0.15, 0.2) is 41.3 Å². The highest BCUT2D eigenvalue weighted by Crippen LogP contribution is 2.25. The molecular formula is C12H16BN3O7S. The van der Waals surface area contributed by atoms with E-state index < -0.39 is 19.9 Å². The summed E-state index contributed by atoms with van der Waals surface area (Å²) in [6.07, 6.45) is 3.94. The third kappa shape index (κ3) is 5.76. The fraction of sp³-hybridized carbons (Fsp3) is 0.333. The summed E-state index contributed by atoms with van der Waals surface area (Å²) in [6.45, 7) is 0.208. The molecule has 1 aromatic heterocycles. The molecule has 0 amide bonds. The SMILES string of the molecule is O=C(O)/C(=C\OC1CN(N(O)Sc2cccnc2)C1)COB(O)O. The first-order chi connectivity index (χ1) is 11.5. The fourth-order valence-electron chi connectivity index (χ4n) is 1.68. The summed E-state index contributed by atoms with van der Waals surface area (Å²) in [6, 6.07) is 3.55. The van der Waals surface area contributed by atoms with E-state index in [2.05, 4.69) is 9.64 Å². The number of pyridine rings is 1. The molecule has 0 atom stereocenters. The molecule has 0 saturated carbocycles. The molecule has 130 valence electrons. The van der Waals surface area contributed by atoms with Crippen LogP contribution in [0.4, 0.5) is 0 Å².